The molecule has 0 atom stereocenters. The Hall–Kier alpha value is -1.87. The first-order valence-electron chi connectivity index (χ1n) is 12.0. The van der Waals surface area contributed by atoms with Gasteiger partial charge in [-0.2, -0.15) is 0 Å². The maximum atomic E-state index is 13.2. The van der Waals surface area contributed by atoms with Gasteiger partial charge in [-0.25, -0.2) is 0 Å². The Balaban J connectivity index is 1.82. The van der Waals surface area contributed by atoms with Gasteiger partial charge in [0.15, 0.2) is 5.78 Å². The molecule has 35 heavy (non-hydrogen) atoms. The van der Waals surface area contributed by atoms with Crippen molar-refractivity contribution in [1.29, 1.82) is 0 Å². The predicted molar refractivity (Wildman–Crippen MR) is 144 cm³/mol. The number of hydrogen-bond acceptors (Lipinski definition) is 5. The van der Waals surface area contributed by atoms with Gasteiger partial charge >= 0.3 is 0 Å². The summed E-state index contributed by atoms with van der Waals surface area (Å²) in [4.78, 5) is 13.2. The van der Waals surface area contributed by atoms with Crippen LogP contribution < -0.4 is 10.4 Å². The van der Waals surface area contributed by atoms with Gasteiger partial charge in [0.2, 0.25) is 5.79 Å². The number of benzene rings is 2. The van der Waals surface area contributed by atoms with Crippen molar-refractivity contribution in [2.24, 2.45) is 0 Å². The Bertz CT molecular complexity index is 1060. The molecule has 1 aliphatic carbocycles. The molecule has 1 aliphatic heterocycles. The largest absolute Gasteiger partial charge is 0.403 e. The first kappa shape index (κ1) is 26.2. The summed E-state index contributed by atoms with van der Waals surface area (Å²) in [5.41, 5.74) is 1.12. The van der Waals surface area contributed by atoms with E-state index in [0.717, 1.165) is 16.8 Å². The minimum atomic E-state index is -2.84. The third kappa shape index (κ3) is 4.90. The zero-order chi connectivity index (χ0) is 25.1. The van der Waals surface area contributed by atoms with Gasteiger partial charge in [-0.15, -0.1) is 0 Å². The molecule has 0 aromatic heterocycles. The Morgan fingerprint density at radius 2 is 1.54 bits per heavy atom. The minimum absolute atomic E-state index is 0.123. The molecule has 186 valence electrons. The first-order valence-corrected chi connectivity index (χ1v) is 14.7. The standard InChI is InChI=1S/C28H33BrO5Si/c1-27(2,3)35(22-11-6-4-7-12-22,23-13-8-5-9-14-23)34-20-24-25(29)26(31)21(15-16-30)19-28(24)32-17-10-18-33-28/h4-9,11-14,19,30H,10,15-18,20H2,1-3H3. The van der Waals surface area contributed by atoms with E-state index in [4.69, 9.17) is 13.9 Å². The van der Waals surface area contributed by atoms with Crippen molar-refractivity contribution in [3.05, 3.63) is 82.4 Å². The zero-order valence-electron chi connectivity index (χ0n) is 20.6. The van der Waals surface area contributed by atoms with Crippen LogP contribution in [0, 0.1) is 0 Å². The minimum Gasteiger partial charge on any atom is -0.403 e. The summed E-state index contributed by atoms with van der Waals surface area (Å²) < 4.78 is 19.9. The zero-order valence-corrected chi connectivity index (χ0v) is 23.1. The van der Waals surface area contributed by atoms with E-state index in [0.29, 0.717) is 28.8 Å². The number of aliphatic hydroxyl groups excluding tert-OH is 1. The highest BCUT2D eigenvalue weighted by Gasteiger charge is 2.52. The van der Waals surface area contributed by atoms with E-state index in [9.17, 15) is 9.90 Å². The monoisotopic (exact) mass is 556 g/mol. The number of halogens is 1. The number of rotatable bonds is 7. The number of aliphatic hydroxyl groups is 1. The summed E-state index contributed by atoms with van der Waals surface area (Å²) in [5, 5.41) is 11.6. The summed E-state index contributed by atoms with van der Waals surface area (Å²) in [7, 11) is -2.84. The van der Waals surface area contributed by atoms with Crippen molar-refractivity contribution in [3.63, 3.8) is 0 Å². The van der Waals surface area contributed by atoms with E-state index in [1.807, 2.05) is 36.4 Å². The number of ether oxygens (including phenoxy) is 2. The van der Waals surface area contributed by atoms with Gasteiger partial charge in [-0.3, -0.25) is 4.79 Å². The van der Waals surface area contributed by atoms with Crippen LogP contribution in [0.15, 0.2) is 82.4 Å². The van der Waals surface area contributed by atoms with Crippen LogP contribution in [0.2, 0.25) is 5.04 Å². The molecule has 2 aromatic rings. The van der Waals surface area contributed by atoms with E-state index < -0.39 is 14.1 Å². The molecule has 4 rings (SSSR count). The highest BCUT2D eigenvalue weighted by Crippen LogP contribution is 2.42. The molecule has 0 saturated carbocycles. The summed E-state index contributed by atoms with van der Waals surface area (Å²) in [6.07, 6.45) is 2.75. The van der Waals surface area contributed by atoms with Crippen molar-refractivity contribution < 1.29 is 23.8 Å². The van der Waals surface area contributed by atoms with E-state index in [1.165, 1.54) is 0 Å². The van der Waals surface area contributed by atoms with Crippen molar-refractivity contribution in [3.8, 4) is 0 Å². The van der Waals surface area contributed by atoms with Gasteiger partial charge in [-0.05, 0) is 50.3 Å². The molecule has 0 radical (unpaired) electrons. The molecule has 0 unspecified atom stereocenters. The maximum absolute atomic E-state index is 13.2. The van der Waals surface area contributed by atoms with Crippen LogP contribution in [0.5, 0.6) is 0 Å². The van der Waals surface area contributed by atoms with E-state index >= 15 is 0 Å². The fraction of sp³-hybridized carbons (Fsp3) is 0.393. The normalized spacial score (nSPS) is 18.7. The Morgan fingerprint density at radius 3 is 2.03 bits per heavy atom. The second-order valence-electron chi connectivity index (χ2n) is 9.93. The van der Waals surface area contributed by atoms with Gasteiger partial charge in [0.05, 0.1) is 24.3 Å². The number of hydrogen-bond donors (Lipinski definition) is 1. The average molecular weight is 558 g/mol. The topological polar surface area (TPSA) is 65.0 Å². The molecule has 2 aliphatic rings. The maximum Gasteiger partial charge on any atom is 0.261 e. The van der Waals surface area contributed by atoms with Crippen molar-refractivity contribution in [1.82, 2.24) is 0 Å². The van der Waals surface area contributed by atoms with E-state index in [1.54, 1.807) is 6.08 Å². The number of Topliss-reactive ketones (excluding diaryl/α,β-unsaturated/α-hetero) is 1. The van der Waals surface area contributed by atoms with Gasteiger partial charge in [0, 0.05) is 17.8 Å². The lowest BCUT2D eigenvalue weighted by Crippen LogP contribution is -2.67. The van der Waals surface area contributed by atoms with Crippen LogP contribution in [-0.4, -0.2) is 51.4 Å². The third-order valence-corrected chi connectivity index (χ3v) is 12.5. The number of allylic oxidation sites excluding steroid dienone is 1. The van der Waals surface area contributed by atoms with Crippen molar-refractivity contribution in [2.45, 2.75) is 44.4 Å². The van der Waals surface area contributed by atoms with Crippen molar-refractivity contribution in [2.75, 3.05) is 26.4 Å². The lowest BCUT2D eigenvalue weighted by atomic mass is 9.91. The molecule has 1 spiro atoms. The number of carbonyl (C=O) groups is 1. The molecule has 5 nitrogen and oxygen atoms in total. The quantitative estimate of drug-likeness (QED) is 0.517. The van der Waals surface area contributed by atoms with Crippen LogP contribution >= 0.6 is 15.9 Å². The molecule has 1 saturated heterocycles. The molecular weight excluding hydrogens is 524 g/mol. The Morgan fingerprint density at radius 1 is 1.00 bits per heavy atom. The predicted octanol–water partition coefficient (Wildman–Crippen LogP) is 4.24. The lowest BCUT2D eigenvalue weighted by Gasteiger charge is -2.45. The van der Waals surface area contributed by atoms with Crippen LogP contribution in [0.1, 0.15) is 33.6 Å². The van der Waals surface area contributed by atoms with Gasteiger partial charge < -0.3 is 19.0 Å². The molecule has 1 heterocycles. The SMILES string of the molecule is CC(C)(C)[Si](OCC1=C(Br)C(=O)C(CCO)=CC12OCCCO2)(c1ccccc1)c1ccccc1. The molecule has 0 amide bonds. The average Bonchev–Trinajstić information content (AvgIpc) is 2.86. The molecule has 1 N–H and O–H groups in total. The lowest BCUT2D eigenvalue weighted by molar-refractivity contribution is -0.216. The Kier molecular flexibility index (Phi) is 7.95. The molecule has 0 bridgehead atoms. The van der Waals surface area contributed by atoms with Gasteiger partial charge in [-0.1, -0.05) is 81.4 Å². The summed E-state index contributed by atoms with van der Waals surface area (Å²) >= 11 is 3.55. The number of carbonyl (C=O) groups excluding carboxylic acids is 1. The summed E-state index contributed by atoms with van der Waals surface area (Å²) in [6.45, 7) is 7.73. The van der Waals surface area contributed by atoms with Gasteiger partial charge in [0.25, 0.3) is 8.32 Å². The van der Waals surface area contributed by atoms with E-state index in [2.05, 4.69) is 61.0 Å². The van der Waals surface area contributed by atoms with E-state index in [-0.39, 0.29) is 30.5 Å². The number of ketones is 1. The van der Waals surface area contributed by atoms with Gasteiger partial charge in [0.1, 0.15) is 0 Å². The first-order chi connectivity index (χ1) is 16.7. The second-order valence-corrected chi connectivity index (χ2v) is 15.0. The summed E-state index contributed by atoms with van der Waals surface area (Å²) in [5.74, 6) is -1.34. The van der Waals surface area contributed by atoms with Crippen LogP contribution in [0.4, 0.5) is 0 Å². The second kappa shape index (κ2) is 10.6. The fourth-order valence-corrected chi connectivity index (χ4v) is 10.2. The highest BCUT2D eigenvalue weighted by atomic mass is 79.9. The highest BCUT2D eigenvalue weighted by molar-refractivity contribution is 9.12. The molecule has 7 heteroatoms. The molecule has 1 fully saturated rings. The van der Waals surface area contributed by atoms with Crippen LogP contribution in [0.25, 0.3) is 0 Å². The Labute approximate surface area is 217 Å². The molecule has 2 aromatic carbocycles. The molecular formula is C28H33BrO5Si. The smallest absolute Gasteiger partial charge is 0.261 e. The van der Waals surface area contributed by atoms with Crippen LogP contribution in [0.3, 0.4) is 0 Å². The third-order valence-electron chi connectivity index (χ3n) is 6.69. The fourth-order valence-electron chi connectivity index (χ4n) is 5.03. The van der Waals surface area contributed by atoms with Crippen molar-refractivity contribution >= 4 is 40.4 Å². The summed E-state index contributed by atoms with van der Waals surface area (Å²) in [6, 6.07) is 20.8. The van der Waals surface area contributed by atoms with Crippen LogP contribution in [-0.2, 0) is 18.7 Å².